The van der Waals surface area contributed by atoms with Crippen LogP contribution in [0.5, 0.6) is 0 Å². The molecular formula is C24H20F4N6. The number of nitrogens with one attached hydrogen (secondary N) is 1. The van der Waals surface area contributed by atoms with E-state index in [2.05, 4.69) is 20.4 Å². The number of benzene rings is 1. The van der Waals surface area contributed by atoms with Crippen LogP contribution in [0.3, 0.4) is 0 Å². The molecule has 4 aromatic rings. The van der Waals surface area contributed by atoms with Crippen LogP contribution in [-0.4, -0.2) is 26.3 Å². The molecule has 0 unspecified atom stereocenters. The van der Waals surface area contributed by atoms with Gasteiger partial charge in [-0.05, 0) is 47.9 Å². The van der Waals surface area contributed by atoms with Gasteiger partial charge in [0, 0.05) is 66.7 Å². The minimum atomic E-state index is -4.61. The third-order valence-electron chi connectivity index (χ3n) is 5.78. The Morgan fingerprint density at radius 3 is 2.65 bits per heavy atom. The standard InChI is InChI=1S/C24H20F4N6/c1-2-31-19-7-15(25)6-17-16(19)8-20-22(17)23(34-4-3-21(33-34)24(26,27)28)18(12-32-20)14-5-13(9-29)10-30-11-14/h3-7,10-12,31H,2,8-9,29H2,1H3. The number of fused-ring (bicyclic) bond motifs is 3. The molecule has 0 bridgehead atoms. The summed E-state index contributed by atoms with van der Waals surface area (Å²) in [5.74, 6) is -0.456. The van der Waals surface area contributed by atoms with Gasteiger partial charge in [0.25, 0.3) is 0 Å². The summed E-state index contributed by atoms with van der Waals surface area (Å²) in [7, 11) is 0. The number of nitrogens with two attached hydrogens (primary N) is 1. The van der Waals surface area contributed by atoms with E-state index >= 15 is 0 Å². The van der Waals surface area contributed by atoms with Gasteiger partial charge in [-0.25, -0.2) is 9.07 Å². The lowest BCUT2D eigenvalue weighted by Crippen LogP contribution is -2.09. The van der Waals surface area contributed by atoms with Gasteiger partial charge in [-0.3, -0.25) is 9.97 Å². The summed E-state index contributed by atoms with van der Waals surface area (Å²) in [6.45, 7) is 2.74. The average Bonchev–Trinajstić information content (AvgIpc) is 3.44. The van der Waals surface area contributed by atoms with E-state index in [1.807, 2.05) is 6.92 Å². The number of hydrogen-bond acceptors (Lipinski definition) is 5. The van der Waals surface area contributed by atoms with Gasteiger partial charge in [-0.15, -0.1) is 0 Å². The third-order valence-corrected chi connectivity index (χ3v) is 5.78. The summed E-state index contributed by atoms with van der Waals surface area (Å²) in [5.41, 5.74) is 10.2. The van der Waals surface area contributed by atoms with E-state index < -0.39 is 17.7 Å². The van der Waals surface area contributed by atoms with E-state index in [4.69, 9.17) is 5.73 Å². The van der Waals surface area contributed by atoms with Crippen LogP contribution in [0.15, 0.2) is 49.1 Å². The second kappa shape index (κ2) is 8.21. The van der Waals surface area contributed by atoms with Crippen LogP contribution in [-0.2, 0) is 19.1 Å². The number of pyridine rings is 2. The van der Waals surface area contributed by atoms with Crippen LogP contribution >= 0.6 is 0 Å². The van der Waals surface area contributed by atoms with Crippen molar-refractivity contribution in [2.75, 3.05) is 11.9 Å². The highest BCUT2D eigenvalue weighted by Crippen LogP contribution is 2.46. The predicted molar refractivity (Wildman–Crippen MR) is 120 cm³/mol. The quantitative estimate of drug-likeness (QED) is 0.357. The van der Waals surface area contributed by atoms with Crippen LogP contribution in [0.4, 0.5) is 23.2 Å². The molecule has 0 saturated carbocycles. The van der Waals surface area contributed by atoms with Crippen molar-refractivity contribution in [2.45, 2.75) is 26.1 Å². The maximum Gasteiger partial charge on any atom is 0.435 e. The highest BCUT2D eigenvalue weighted by atomic mass is 19.4. The highest BCUT2D eigenvalue weighted by molar-refractivity contribution is 5.91. The third kappa shape index (κ3) is 3.69. The number of halogens is 4. The van der Waals surface area contributed by atoms with Crippen molar-refractivity contribution in [3.63, 3.8) is 0 Å². The van der Waals surface area contributed by atoms with Crippen LogP contribution in [0.2, 0.25) is 0 Å². The maximum absolute atomic E-state index is 14.6. The van der Waals surface area contributed by atoms with E-state index in [1.54, 1.807) is 24.7 Å². The largest absolute Gasteiger partial charge is 0.435 e. The Kier molecular flexibility index (Phi) is 5.32. The van der Waals surface area contributed by atoms with Crippen molar-refractivity contribution in [3.8, 4) is 27.9 Å². The molecule has 5 rings (SSSR count). The van der Waals surface area contributed by atoms with Crippen LogP contribution in [0, 0.1) is 5.82 Å². The smallest absolute Gasteiger partial charge is 0.385 e. The minimum Gasteiger partial charge on any atom is -0.385 e. The second-order valence-electron chi connectivity index (χ2n) is 7.96. The summed E-state index contributed by atoms with van der Waals surface area (Å²) < 4.78 is 55.9. The van der Waals surface area contributed by atoms with E-state index in [0.29, 0.717) is 52.3 Å². The fourth-order valence-corrected chi connectivity index (χ4v) is 4.32. The van der Waals surface area contributed by atoms with Crippen LogP contribution in [0.1, 0.15) is 29.4 Å². The Morgan fingerprint density at radius 1 is 1.12 bits per heavy atom. The van der Waals surface area contributed by atoms with E-state index in [0.717, 1.165) is 17.2 Å². The summed E-state index contributed by atoms with van der Waals surface area (Å²) >= 11 is 0. The molecule has 1 aliphatic rings. The first-order chi connectivity index (χ1) is 16.3. The van der Waals surface area contributed by atoms with E-state index in [9.17, 15) is 17.6 Å². The highest BCUT2D eigenvalue weighted by Gasteiger charge is 2.35. The Morgan fingerprint density at radius 2 is 1.94 bits per heavy atom. The van der Waals surface area contributed by atoms with Gasteiger partial charge in [0.2, 0.25) is 0 Å². The Hall–Kier alpha value is -3.79. The number of hydrogen-bond donors (Lipinski definition) is 2. The number of alkyl halides is 3. The Bertz CT molecular complexity index is 1390. The molecule has 0 atom stereocenters. The zero-order valence-corrected chi connectivity index (χ0v) is 18.1. The molecule has 0 spiro atoms. The Balaban J connectivity index is 1.81. The first-order valence-corrected chi connectivity index (χ1v) is 10.7. The van der Waals surface area contributed by atoms with Crippen molar-refractivity contribution in [3.05, 3.63) is 77.4 Å². The van der Waals surface area contributed by atoms with Gasteiger partial charge in [0.1, 0.15) is 5.82 Å². The van der Waals surface area contributed by atoms with Crippen LogP contribution < -0.4 is 11.1 Å². The van der Waals surface area contributed by atoms with Crippen molar-refractivity contribution < 1.29 is 17.6 Å². The monoisotopic (exact) mass is 468 g/mol. The lowest BCUT2D eigenvalue weighted by Gasteiger charge is -2.16. The lowest BCUT2D eigenvalue weighted by atomic mass is 9.98. The fraction of sp³-hybridized carbons (Fsp3) is 0.208. The molecule has 1 aliphatic carbocycles. The molecule has 3 heterocycles. The van der Waals surface area contributed by atoms with Crippen molar-refractivity contribution in [2.24, 2.45) is 5.73 Å². The SMILES string of the molecule is CCNc1cc(F)cc2c1Cc1ncc(-c3cncc(CN)c3)c(-n3ccc(C(F)(F)F)n3)c1-2. The molecule has 0 radical (unpaired) electrons. The maximum atomic E-state index is 14.6. The summed E-state index contributed by atoms with van der Waals surface area (Å²) in [6, 6.07) is 5.52. The number of aromatic nitrogens is 4. The van der Waals surface area contributed by atoms with Crippen molar-refractivity contribution in [1.82, 2.24) is 19.7 Å². The van der Waals surface area contributed by atoms with Crippen LogP contribution in [0.25, 0.3) is 27.9 Å². The van der Waals surface area contributed by atoms with Gasteiger partial charge >= 0.3 is 6.18 Å². The molecule has 174 valence electrons. The number of anilines is 1. The molecule has 0 fully saturated rings. The Labute approximate surface area is 192 Å². The first-order valence-electron chi connectivity index (χ1n) is 10.7. The number of rotatable bonds is 5. The van der Waals surface area contributed by atoms with E-state index in [1.165, 1.54) is 23.0 Å². The molecule has 3 N–H and O–H groups in total. The second-order valence-corrected chi connectivity index (χ2v) is 7.96. The summed E-state index contributed by atoms with van der Waals surface area (Å²) in [5, 5.41) is 6.99. The molecule has 3 aromatic heterocycles. The molecular weight excluding hydrogens is 448 g/mol. The van der Waals surface area contributed by atoms with Crippen molar-refractivity contribution >= 4 is 5.69 Å². The molecule has 0 aliphatic heterocycles. The normalized spacial score (nSPS) is 12.5. The molecule has 6 nitrogen and oxygen atoms in total. The predicted octanol–water partition coefficient (Wildman–Crippen LogP) is 4.95. The summed E-state index contributed by atoms with van der Waals surface area (Å²) in [4.78, 5) is 8.82. The first kappa shape index (κ1) is 22.0. The fourth-order valence-electron chi connectivity index (χ4n) is 4.32. The van der Waals surface area contributed by atoms with Crippen molar-refractivity contribution in [1.29, 1.82) is 0 Å². The van der Waals surface area contributed by atoms with E-state index in [-0.39, 0.29) is 6.54 Å². The van der Waals surface area contributed by atoms with Gasteiger partial charge in [0.15, 0.2) is 5.69 Å². The lowest BCUT2D eigenvalue weighted by molar-refractivity contribution is -0.141. The molecule has 34 heavy (non-hydrogen) atoms. The average molecular weight is 468 g/mol. The van der Waals surface area contributed by atoms with Gasteiger partial charge < -0.3 is 11.1 Å². The zero-order chi connectivity index (χ0) is 24.0. The number of nitrogens with zero attached hydrogens (tertiary/aromatic N) is 4. The topological polar surface area (TPSA) is 81.6 Å². The van der Waals surface area contributed by atoms with Gasteiger partial charge in [0.05, 0.1) is 11.4 Å². The zero-order valence-electron chi connectivity index (χ0n) is 18.1. The minimum absolute atomic E-state index is 0.245. The molecule has 0 saturated heterocycles. The van der Waals surface area contributed by atoms with Gasteiger partial charge in [-0.1, -0.05) is 0 Å². The molecule has 1 aromatic carbocycles. The summed E-state index contributed by atoms with van der Waals surface area (Å²) in [6.07, 6.45) is 1.86. The van der Waals surface area contributed by atoms with Gasteiger partial charge in [-0.2, -0.15) is 18.3 Å². The molecule has 0 amide bonds. The molecule has 10 heteroatoms.